The molecule has 1 aliphatic rings. The van der Waals surface area contributed by atoms with E-state index in [0.717, 1.165) is 11.4 Å². The maximum Gasteiger partial charge on any atom is 0.258 e. The molecule has 0 spiro atoms. The van der Waals surface area contributed by atoms with E-state index in [1.165, 1.54) is 24.3 Å². The van der Waals surface area contributed by atoms with Gasteiger partial charge in [-0.05, 0) is 85.4 Å². The second-order valence-corrected chi connectivity index (χ2v) is 8.50. The molecule has 1 atom stereocenters. The van der Waals surface area contributed by atoms with Crippen molar-refractivity contribution in [2.75, 3.05) is 4.90 Å². The molecule has 0 amide bonds. The van der Waals surface area contributed by atoms with E-state index in [4.69, 9.17) is 28.3 Å². The normalized spacial score (nSPS) is 16.1. The Bertz CT molecular complexity index is 1400. The maximum atomic E-state index is 14.1. The Morgan fingerprint density at radius 3 is 2.44 bits per heavy atom. The summed E-state index contributed by atoms with van der Waals surface area (Å²) < 4.78 is 33.1. The molecule has 1 unspecified atom stereocenters. The van der Waals surface area contributed by atoms with Crippen molar-refractivity contribution in [1.29, 1.82) is 0 Å². The lowest BCUT2D eigenvalue weighted by Crippen LogP contribution is -2.46. The lowest BCUT2D eigenvalue weighted by Gasteiger charge is -2.37. The molecule has 5 nitrogen and oxygen atoms in total. The summed E-state index contributed by atoms with van der Waals surface area (Å²) in [5, 5.41) is 8.39. The van der Waals surface area contributed by atoms with Crippen molar-refractivity contribution in [2.45, 2.75) is 13.0 Å². The van der Waals surface area contributed by atoms with Gasteiger partial charge in [0.05, 0.1) is 11.6 Å². The first-order valence-electron chi connectivity index (χ1n) is 10.3. The summed E-state index contributed by atoms with van der Waals surface area (Å²) in [5.41, 5.74) is 3.40. The van der Waals surface area contributed by atoms with Crippen molar-refractivity contribution in [3.8, 4) is 11.4 Å². The van der Waals surface area contributed by atoms with Gasteiger partial charge in [0.1, 0.15) is 11.6 Å². The van der Waals surface area contributed by atoms with E-state index < -0.39 is 6.04 Å². The Kier molecular flexibility index (Phi) is 5.85. The van der Waals surface area contributed by atoms with E-state index in [0.29, 0.717) is 32.7 Å². The Morgan fingerprint density at radius 1 is 1.00 bits per heavy atom. The fourth-order valence-corrected chi connectivity index (χ4v) is 4.39. The van der Waals surface area contributed by atoms with E-state index in [1.54, 1.807) is 36.4 Å². The Morgan fingerprint density at radius 2 is 1.74 bits per heavy atom. The first-order valence-corrected chi connectivity index (χ1v) is 11.1. The molecule has 0 bridgehead atoms. The lowest BCUT2D eigenvalue weighted by molar-refractivity contribution is 0.404. The largest absolute Gasteiger partial charge is 0.351 e. The third kappa shape index (κ3) is 4.18. The number of thiocarbonyl (C=S) groups is 1. The number of hydrogen-bond donors (Lipinski definition) is 1. The highest BCUT2D eigenvalue weighted by molar-refractivity contribution is 7.80. The zero-order valence-electron chi connectivity index (χ0n) is 17.8. The lowest BCUT2D eigenvalue weighted by atomic mass is 9.94. The minimum absolute atomic E-state index is 0.236. The van der Waals surface area contributed by atoms with Crippen LogP contribution < -0.4 is 10.2 Å². The van der Waals surface area contributed by atoms with Gasteiger partial charge in [0.15, 0.2) is 5.11 Å². The van der Waals surface area contributed by atoms with E-state index in [1.807, 2.05) is 24.0 Å². The number of nitrogens with zero attached hydrogens (tertiary/aromatic N) is 3. The van der Waals surface area contributed by atoms with Crippen LogP contribution >= 0.6 is 23.8 Å². The molecule has 0 radical (unpaired) electrons. The van der Waals surface area contributed by atoms with Gasteiger partial charge in [-0.2, -0.15) is 4.98 Å². The standard InChI is InChI=1S/C25H17ClF2N4OS/c1-14-21(24-30-23(31-33-24)15-5-9-18(27)10-6-15)22(16-3-2-4-19(28)13-16)29-25(34)32(14)20-11-7-17(26)8-12-20/h2-13,22H,1H3,(H,29,34). The third-order valence-corrected chi connectivity index (χ3v) is 6.06. The minimum Gasteiger partial charge on any atom is -0.351 e. The molecule has 1 N–H and O–H groups in total. The van der Waals surface area contributed by atoms with E-state index in [2.05, 4.69) is 15.5 Å². The molecule has 0 fully saturated rings. The van der Waals surface area contributed by atoms with Gasteiger partial charge in [-0.1, -0.05) is 28.9 Å². The highest BCUT2D eigenvalue weighted by atomic mass is 35.5. The average molecular weight is 495 g/mol. The van der Waals surface area contributed by atoms with Crippen LogP contribution in [0.3, 0.4) is 0 Å². The quantitative estimate of drug-likeness (QED) is 0.325. The van der Waals surface area contributed by atoms with Crippen molar-refractivity contribution < 1.29 is 13.3 Å². The topological polar surface area (TPSA) is 54.2 Å². The molecule has 34 heavy (non-hydrogen) atoms. The molecule has 1 aromatic heterocycles. The van der Waals surface area contributed by atoms with Crippen LogP contribution in [0, 0.1) is 11.6 Å². The number of aromatic nitrogens is 2. The first kappa shape index (κ1) is 22.2. The Labute approximate surface area is 204 Å². The zero-order valence-corrected chi connectivity index (χ0v) is 19.4. The molecule has 0 saturated heterocycles. The second kappa shape index (κ2) is 8.96. The molecule has 2 heterocycles. The number of allylic oxidation sites excluding steroid dienone is 1. The van der Waals surface area contributed by atoms with Crippen LogP contribution in [0.25, 0.3) is 17.0 Å². The predicted octanol–water partition coefficient (Wildman–Crippen LogP) is 6.54. The number of nitrogens with one attached hydrogen (secondary N) is 1. The Hall–Kier alpha value is -3.62. The fourth-order valence-electron chi connectivity index (χ4n) is 3.91. The van der Waals surface area contributed by atoms with Gasteiger partial charge in [-0.25, -0.2) is 8.78 Å². The fraction of sp³-hybridized carbons (Fsp3) is 0.0800. The summed E-state index contributed by atoms with van der Waals surface area (Å²) in [6.07, 6.45) is 0. The summed E-state index contributed by atoms with van der Waals surface area (Å²) in [6, 6.07) is 18.7. The monoisotopic (exact) mass is 494 g/mol. The second-order valence-electron chi connectivity index (χ2n) is 7.68. The van der Waals surface area contributed by atoms with Crippen LogP contribution in [0.5, 0.6) is 0 Å². The summed E-state index contributed by atoms with van der Waals surface area (Å²) in [4.78, 5) is 6.40. The highest BCUT2D eigenvalue weighted by Gasteiger charge is 2.35. The summed E-state index contributed by atoms with van der Waals surface area (Å²) >= 11 is 11.7. The first-order chi connectivity index (χ1) is 16.4. The van der Waals surface area contributed by atoms with Crippen LogP contribution in [-0.4, -0.2) is 15.3 Å². The highest BCUT2D eigenvalue weighted by Crippen LogP contribution is 2.39. The molecule has 3 aromatic carbocycles. The molecular weight excluding hydrogens is 478 g/mol. The van der Waals surface area contributed by atoms with Gasteiger partial charge >= 0.3 is 0 Å². The summed E-state index contributed by atoms with van der Waals surface area (Å²) in [5.74, 6) is -0.194. The minimum atomic E-state index is -0.534. The number of benzene rings is 3. The molecule has 9 heteroatoms. The van der Waals surface area contributed by atoms with Crippen molar-refractivity contribution in [1.82, 2.24) is 15.5 Å². The van der Waals surface area contributed by atoms with E-state index >= 15 is 0 Å². The van der Waals surface area contributed by atoms with Gasteiger partial charge in [0.2, 0.25) is 5.82 Å². The van der Waals surface area contributed by atoms with Gasteiger partial charge in [0.25, 0.3) is 5.89 Å². The Balaban J connectivity index is 1.65. The van der Waals surface area contributed by atoms with Gasteiger partial charge < -0.3 is 9.84 Å². The molecular formula is C25H17ClF2N4OS. The van der Waals surface area contributed by atoms with Crippen molar-refractivity contribution >= 4 is 40.2 Å². The SMILES string of the molecule is CC1=C(c2nc(-c3ccc(F)cc3)no2)C(c2cccc(F)c2)NC(=S)N1c1ccc(Cl)cc1. The third-order valence-electron chi connectivity index (χ3n) is 5.51. The number of anilines is 1. The molecule has 5 rings (SSSR count). The van der Waals surface area contributed by atoms with E-state index in [-0.39, 0.29) is 17.5 Å². The van der Waals surface area contributed by atoms with E-state index in [9.17, 15) is 8.78 Å². The van der Waals surface area contributed by atoms with Gasteiger partial charge in [-0.15, -0.1) is 0 Å². The molecule has 4 aromatic rings. The van der Waals surface area contributed by atoms with Crippen LogP contribution in [0.4, 0.5) is 14.5 Å². The van der Waals surface area contributed by atoms with Crippen LogP contribution in [-0.2, 0) is 0 Å². The van der Waals surface area contributed by atoms with Crippen molar-refractivity contribution in [3.63, 3.8) is 0 Å². The predicted molar refractivity (Wildman–Crippen MR) is 131 cm³/mol. The molecule has 1 aliphatic heterocycles. The van der Waals surface area contributed by atoms with Gasteiger partial charge in [-0.3, -0.25) is 4.90 Å². The van der Waals surface area contributed by atoms with Crippen molar-refractivity contribution in [3.05, 3.63) is 107 Å². The van der Waals surface area contributed by atoms with Crippen LogP contribution in [0.1, 0.15) is 24.4 Å². The van der Waals surface area contributed by atoms with Crippen LogP contribution in [0.15, 0.2) is 83.0 Å². The van der Waals surface area contributed by atoms with Gasteiger partial charge in [0, 0.05) is 22.0 Å². The van der Waals surface area contributed by atoms with Crippen molar-refractivity contribution in [2.24, 2.45) is 0 Å². The number of hydrogen-bond acceptors (Lipinski definition) is 4. The molecule has 0 aliphatic carbocycles. The molecule has 170 valence electrons. The summed E-state index contributed by atoms with van der Waals surface area (Å²) in [7, 11) is 0. The average Bonchev–Trinajstić information content (AvgIpc) is 3.30. The smallest absolute Gasteiger partial charge is 0.258 e. The molecule has 0 saturated carbocycles. The van der Waals surface area contributed by atoms with Crippen LogP contribution in [0.2, 0.25) is 5.02 Å². The number of halogens is 3. The number of rotatable bonds is 4. The maximum absolute atomic E-state index is 14.1. The zero-order chi connectivity index (χ0) is 23.8. The summed E-state index contributed by atoms with van der Waals surface area (Å²) in [6.45, 7) is 1.88.